The number of furan rings is 1. The lowest BCUT2D eigenvalue weighted by atomic mass is 10.2. The predicted molar refractivity (Wildman–Crippen MR) is 152 cm³/mol. The number of esters is 1. The van der Waals surface area contributed by atoms with Crippen molar-refractivity contribution in [2.45, 2.75) is 13.0 Å². The monoisotopic (exact) mass is 557 g/mol. The van der Waals surface area contributed by atoms with Gasteiger partial charge in [0, 0.05) is 5.56 Å². The van der Waals surface area contributed by atoms with Gasteiger partial charge in [-0.05, 0) is 49.4 Å². The molecule has 2 aromatic heterocycles. The zero-order chi connectivity index (χ0) is 29.1. The van der Waals surface area contributed by atoms with Crippen LogP contribution in [0.2, 0.25) is 0 Å². The molecule has 0 fully saturated rings. The van der Waals surface area contributed by atoms with Crippen LogP contribution < -0.4 is 24.5 Å². The molecule has 0 aliphatic rings. The van der Waals surface area contributed by atoms with E-state index in [-0.39, 0.29) is 28.6 Å². The molecule has 5 rings (SSSR count). The summed E-state index contributed by atoms with van der Waals surface area (Å²) in [6, 6.07) is 17.5. The number of benzene rings is 3. The van der Waals surface area contributed by atoms with Crippen molar-refractivity contribution >= 4 is 34.1 Å². The normalized spacial score (nSPS) is 12.0. The fourth-order valence-corrected chi connectivity index (χ4v) is 4.32. The SMILES string of the molecule is COC(=O)[C@H](C)Oc1c(OC)cc(C=Nn2c(-c3cc4c(OC)cccc4o3)nc3ccccc3c2=O)cc1OC. The number of fused-ring (bicyclic) bond motifs is 2. The number of hydrogen-bond donors (Lipinski definition) is 0. The first kappa shape index (κ1) is 27.3. The maximum Gasteiger partial charge on any atom is 0.346 e. The Kier molecular flexibility index (Phi) is 7.59. The van der Waals surface area contributed by atoms with E-state index in [1.54, 1.807) is 62.6 Å². The van der Waals surface area contributed by atoms with Gasteiger partial charge in [0.1, 0.15) is 11.3 Å². The van der Waals surface area contributed by atoms with Gasteiger partial charge in [-0.25, -0.2) is 9.78 Å². The summed E-state index contributed by atoms with van der Waals surface area (Å²) in [7, 11) is 5.76. The molecule has 41 heavy (non-hydrogen) atoms. The quantitative estimate of drug-likeness (QED) is 0.188. The van der Waals surface area contributed by atoms with Crippen molar-refractivity contribution in [3.05, 3.63) is 76.6 Å². The van der Waals surface area contributed by atoms with E-state index in [1.165, 1.54) is 32.2 Å². The molecule has 2 heterocycles. The van der Waals surface area contributed by atoms with Gasteiger partial charge in [0.2, 0.25) is 11.6 Å². The minimum Gasteiger partial charge on any atom is -0.496 e. The zero-order valence-corrected chi connectivity index (χ0v) is 23.0. The molecular formula is C30H27N3O8. The fraction of sp³-hybridized carbons (Fsp3) is 0.200. The third kappa shape index (κ3) is 5.17. The number of carbonyl (C=O) groups excluding carboxylic acids is 1. The van der Waals surface area contributed by atoms with Crippen molar-refractivity contribution < 1.29 is 32.9 Å². The van der Waals surface area contributed by atoms with E-state index >= 15 is 0 Å². The van der Waals surface area contributed by atoms with Crippen LogP contribution in [0.3, 0.4) is 0 Å². The summed E-state index contributed by atoms with van der Waals surface area (Å²) in [5.41, 5.74) is 1.20. The molecule has 0 bridgehead atoms. The number of carbonyl (C=O) groups is 1. The highest BCUT2D eigenvalue weighted by Gasteiger charge is 2.22. The van der Waals surface area contributed by atoms with Gasteiger partial charge < -0.3 is 28.1 Å². The Morgan fingerprint density at radius 3 is 2.32 bits per heavy atom. The van der Waals surface area contributed by atoms with E-state index in [2.05, 4.69) is 5.10 Å². The van der Waals surface area contributed by atoms with Gasteiger partial charge in [0.05, 0.1) is 50.9 Å². The number of para-hydroxylation sites is 1. The molecule has 5 aromatic rings. The number of rotatable bonds is 9. The Labute approximate surface area is 234 Å². The molecule has 0 aliphatic heterocycles. The van der Waals surface area contributed by atoms with E-state index in [0.717, 1.165) is 5.39 Å². The van der Waals surface area contributed by atoms with Crippen molar-refractivity contribution in [1.29, 1.82) is 0 Å². The van der Waals surface area contributed by atoms with E-state index in [9.17, 15) is 9.59 Å². The van der Waals surface area contributed by atoms with E-state index < -0.39 is 12.1 Å². The average Bonchev–Trinajstić information content (AvgIpc) is 3.44. The van der Waals surface area contributed by atoms with E-state index in [0.29, 0.717) is 33.6 Å². The molecule has 0 spiro atoms. The topological polar surface area (TPSA) is 124 Å². The standard InChI is InChI=1S/C30H27N3O8/c1-17(30(35)39-5)40-27-24(37-3)13-18(14-25(27)38-4)16-31-33-28(32-21-10-7-6-9-19(21)29(33)34)26-15-20-22(36-2)11-8-12-23(20)41-26/h6-17H,1-5H3/t17-/m0/s1. The highest BCUT2D eigenvalue weighted by Crippen LogP contribution is 2.39. The summed E-state index contributed by atoms with van der Waals surface area (Å²) >= 11 is 0. The molecule has 0 saturated carbocycles. The maximum absolute atomic E-state index is 13.6. The zero-order valence-electron chi connectivity index (χ0n) is 23.0. The van der Waals surface area contributed by atoms with Crippen LogP contribution in [0, 0.1) is 0 Å². The van der Waals surface area contributed by atoms with Gasteiger partial charge in [-0.2, -0.15) is 9.78 Å². The fourth-order valence-electron chi connectivity index (χ4n) is 4.32. The van der Waals surface area contributed by atoms with Crippen LogP contribution in [-0.2, 0) is 9.53 Å². The second kappa shape index (κ2) is 11.4. The predicted octanol–water partition coefficient (Wildman–Crippen LogP) is 4.66. The van der Waals surface area contributed by atoms with Crippen LogP contribution >= 0.6 is 0 Å². The van der Waals surface area contributed by atoms with E-state index in [1.807, 2.05) is 12.1 Å². The number of ether oxygens (including phenoxy) is 5. The Balaban J connectivity index is 1.63. The molecule has 0 saturated heterocycles. The van der Waals surface area contributed by atoms with Gasteiger partial charge in [-0.1, -0.05) is 18.2 Å². The highest BCUT2D eigenvalue weighted by atomic mass is 16.6. The molecule has 210 valence electrons. The Bertz CT molecular complexity index is 1810. The van der Waals surface area contributed by atoms with E-state index in [4.69, 9.17) is 33.1 Å². The lowest BCUT2D eigenvalue weighted by Gasteiger charge is -2.18. The number of nitrogens with zero attached hydrogens (tertiary/aromatic N) is 3. The third-order valence-electron chi connectivity index (χ3n) is 6.35. The second-order valence-corrected chi connectivity index (χ2v) is 8.83. The smallest absolute Gasteiger partial charge is 0.346 e. The molecule has 0 radical (unpaired) electrons. The minimum atomic E-state index is -0.908. The van der Waals surface area contributed by atoms with Crippen molar-refractivity contribution in [2.75, 3.05) is 28.4 Å². The number of methoxy groups -OCH3 is 4. The first-order valence-electron chi connectivity index (χ1n) is 12.5. The van der Waals surface area contributed by atoms with Crippen molar-refractivity contribution in [3.63, 3.8) is 0 Å². The number of hydrogen-bond acceptors (Lipinski definition) is 10. The van der Waals surface area contributed by atoms with Crippen LogP contribution in [0.25, 0.3) is 33.5 Å². The summed E-state index contributed by atoms with van der Waals surface area (Å²) in [6.45, 7) is 1.55. The van der Waals surface area contributed by atoms with Crippen molar-refractivity contribution in [1.82, 2.24) is 9.66 Å². The molecule has 0 amide bonds. The van der Waals surface area contributed by atoms with Gasteiger partial charge >= 0.3 is 5.97 Å². The van der Waals surface area contributed by atoms with Crippen molar-refractivity contribution in [3.8, 4) is 34.6 Å². The Hall–Kier alpha value is -5.32. The molecular weight excluding hydrogens is 530 g/mol. The lowest BCUT2D eigenvalue weighted by Crippen LogP contribution is -2.25. The maximum atomic E-state index is 13.6. The Morgan fingerprint density at radius 1 is 0.927 bits per heavy atom. The molecule has 0 unspecified atom stereocenters. The Morgan fingerprint density at radius 2 is 1.63 bits per heavy atom. The van der Waals surface area contributed by atoms with Crippen LogP contribution in [0.5, 0.6) is 23.0 Å². The molecule has 1 atom stereocenters. The van der Waals surface area contributed by atoms with Crippen LogP contribution in [0.15, 0.2) is 75.0 Å². The molecule has 0 aliphatic carbocycles. The average molecular weight is 558 g/mol. The summed E-state index contributed by atoms with van der Waals surface area (Å²) in [5.74, 6) is 1.39. The summed E-state index contributed by atoms with van der Waals surface area (Å²) in [5, 5.41) is 5.62. The largest absolute Gasteiger partial charge is 0.496 e. The molecule has 0 N–H and O–H groups in total. The molecule has 11 heteroatoms. The van der Waals surface area contributed by atoms with Crippen molar-refractivity contribution in [2.24, 2.45) is 5.10 Å². The first-order chi connectivity index (χ1) is 19.9. The summed E-state index contributed by atoms with van der Waals surface area (Å²) < 4.78 is 34.2. The first-order valence-corrected chi connectivity index (χ1v) is 12.5. The summed E-state index contributed by atoms with van der Waals surface area (Å²) in [4.78, 5) is 30.2. The van der Waals surface area contributed by atoms with Gasteiger partial charge in [-0.3, -0.25) is 4.79 Å². The van der Waals surface area contributed by atoms with Gasteiger partial charge in [-0.15, -0.1) is 0 Å². The van der Waals surface area contributed by atoms with Gasteiger partial charge in [0.25, 0.3) is 5.56 Å². The van der Waals surface area contributed by atoms with Crippen LogP contribution in [0.4, 0.5) is 0 Å². The van der Waals surface area contributed by atoms with Gasteiger partial charge in [0.15, 0.2) is 23.4 Å². The van der Waals surface area contributed by atoms with Crippen LogP contribution in [-0.4, -0.2) is 56.4 Å². The molecule has 11 nitrogen and oxygen atoms in total. The number of aromatic nitrogens is 2. The summed E-state index contributed by atoms with van der Waals surface area (Å²) in [6.07, 6.45) is 0.554. The second-order valence-electron chi connectivity index (χ2n) is 8.83. The van der Waals surface area contributed by atoms with Crippen LogP contribution in [0.1, 0.15) is 12.5 Å². The lowest BCUT2D eigenvalue weighted by molar-refractivity contribution is -0.148. The highest BCUT2D eigenvalue weighted by molar-refractivity contribution is 5.89. The third-order valence-corrected chi connectivity index (χ3v) is 6.35. The minimum absolute atomic E-state index is 0.203. The molecule has 3 aromatic carbocycles.